The van der Waals surface area contributed by atoms with Gasteiger partial charge in [-0.2, -0.15) is 4.31 Å². The number of sulfonamides is 2. The topological polar surface area (TPSA) is 83.6 Å². The lowest BCUT2D eigenvalue weighted by Crippen LogP contribution is -2.48. The average Bonchev–Trinajstić information content (AvgIpc) is 2.40. The van der Waals surface area contributed by atoms with E-state index >= 15 is 0 Å². The molecule has 0 spiro atoms. The molecule has 0 radical (unpaired) electrons. The lowest BCUT2D eigenvalue weighted by Gasteiger charge is -2.33. The molecule has 0 aliphatic heterocycles. The van der Waals surface area contributed by atoms with Crippen molar-refractivity contribution >= 4 is 20.0 Å². The molecule has 1 aromatic carbocycles. The Labute approximate surface area is 152 Å². The standard InChI is InChI=1S/C17H30N2O4S2/c1-16(2,3)14-8-10-15(11-9-14)25(22,23)18-12-13-19(17(4,5)6)24(7,20)21/h8-11,18H,12-13H2,1-7H3. The molecule has 0 unspecified atom stereocenters. The van der Waals surface area contributed by atoms with Crippen LogP contribution in [0.2, 0.25) is 0 Å². The third-order valence-electron chi connectivity index (χ3n) is 3.79. The van der Waals surface area contributed by atoms with Crippen molar-refractivity contribution in [3.05, 3.63) is 29.8 Å². The van der Waals surface area contributed by atoms with Crippen LogP contribution in [0.15, 0.2) is 29.2 Å². The number of hydrogen-bond acceptors (Lipinski definition) is 4. The predicted octanol–water partition coefficient (Wildman–Crippen LogP) is 2.32. The van der Waals surface area contributed by atoms with Crippen molar-refractivity contribution in [3.63, 3.8) is 0 Å². The van der Waals surface area contributed by atoms with Crippen LogP contribution >= 0.6 is 0 Å². The molecule has 0 saturated carbocycles. The molecule has 144 valence electrons. The van der Waals surface area contributed by atoms with Crippen molar-refractivity contribution in [2.75, 3.05) is 19.3 Å². The average molecular weight is 391 g/mol. The minimum absolute atomic E-state index is 0.00763. The molecule has 0 fully saturated rings. The summed E-state index contributed by atoms with van der Waals surface area (Å²) in [7, 11) is -7.11. The maximum atomic E-state index is 12.4. The third-order valence-corrected chi connectivity index (χ3v) is 6.79. The first-order chi connectivity index (χ1) is 11.0. The zero-order valence-electron chi connectivity index (χ0n) is 16.1. The molecule has 0 amide bonds. The monoisotopic (exact) mass is 390 g/mol. The molecule has 0 aliphatic rings. The lowest BCUT2D eigenvalue weighted by molar-refractivity contribution is 0.254. The van der Waals surface area contributed by atoms with Crippen LogP contribution in [0.3, 0.4) is 0 Å². The molecule has 1 N–H and O–H groups in total. The van der Waals surface area contributed by atoms with Gasteiger partial charge in [0.2, 0.25) is 20.0 Å². The van der Waals surface area contributed by atoms with Gasteiger partial charge >= 0.3 is 0 Å². The largest absolute Gasteiger partial charge is 0.240 e. The second-order valence-corrected chi connectivity index (χ2v) is 11.9. The summed E-state index contributed by atoms with van der Waals surface area (Å²) in [5.41, 5.74) is 0.369. The van der Waals surface area contributed by atoms with Crippen LogP contribution in [0, 0.1) is 0 Å². The summed E-state index contributed by atoms with van der Waals surface area (Å²) in [6, 6.07) is 6.74. The molecule has 0 bridgehead atoms. The van der Waals surface area contributed by atoms with E-state index in [-0.39, 0.29) is 23.4 Å². The maximum absolute atomic E-state index is 12.4. The summed E-state index contributed by atoms with van der Waals surface area (Å²) in [6.07, 6.45) is 1.12. The molecule has 8 heteroatoms. The Kier molecular flexibility index (Phi) is 6.49. The van der Waals surface area contributed by atoms with Crippen LogP contribution in [0.25, 0.3) is 0 Å². The van der Waals surface area contributed by atoms with E-state index in [1.165, 1.54) is 4.31 Å². The van der Waals surface area contributed by atoms with E-state index in [0.717, 1.165) is 11.8 Å². The normalized spacial score (nSPS) is 14.1. The molecule has 1 aromatic rings. The molecule has 6 nitrogen and oxygen atoms in total. The van der Waals surface area contributed by atoms with Crippen LogP contribution in [0.4, 0.5) is 0 Å². The van der Waals surface area contributed by atoms with Crippen LogP contribution in [-0.4, -0.2) is 46.0 Å². The van der Waals surface area contributed by atoms with Gasteiger partial charge < -0.3 is 0 Å². The van der Waals surface area contributed by atoms with E-state index in [1.54, 1.807) is 45.0 Å². The second-order valence-electron chi connectivity index (χ2n) is 8.18. The van der Waals surface area contributed by atoms with E-state index in [2.05, 4.69) is 25.5 Å². The zero-order valence-corrected chi connectivity index (χ0v) is 17.8. The van der Waals surface area contributed by atoms with Gasteiger partial charge in [-0.05, 0) is 43.9 Å². The molecule has 1 rings (SSSR count). The van der Waals surface area contributed by atoms with E-state index < -0.39 is 25.6 Å². The summed E-state index contributed by atoms with van der Waals surface area (Å²) in [6.45, 7) is 11.6. The van der Waals surface area contributed by atoms with Crippen LogP contribution in [0.5, 0.6) is 0 Å². The number of rotatable bonds is 6. The highest BCUT2D eigenvalue weighted by molar-refractivity contribution is 7.89. The molecule has 0 atom stereocenters. The highest BCUT2D eigenvalue weighted by atomic mass is 32.2. The Morgan fingerprint density at radius 1 is 0.920 bits per heavy atom. The van der Waals surface area contributed by atoms with Gasteiger partial charge in [-0.15, -0.1) is 0 Å². The van der Waals surface area contributed by atoms with Gasteiger partial charge in [-0.1, -0.05) is 32.9 Å². The fourth-order valence-corrected chi connectivity index (χ4v) is 4.94. The van der Waals surface area contributed by atoms with Gasteiger partial charge in [0.25, 0.3) is 0 Å². The van der Waals surface area contributed by atoms with E-state index in [0.29, 0.717) is 0 Å². The van der Waals surface area contributed by atoms with Crippen molar-refractivity contribution in [2.45, 2.75) is 57.4 Å². The minimum atomic E-state index is -3.68. The van der Waals surface area contributed by atoms with Gasteiger partial charge in [-0.3, -0.25) is 0 Å². The summed E-state index contributed by atoms with van der Waals surface area (Å²) in [4.78, 5) is 0.169. The Bertz CT molecular complexity index is 785. The van der Waals surface area contributed by atoms with E-state index in [9.17, 15) is 16.8 Å². The molecule has 0 aromatic heterocycles. The zero-order chi connectivity index (χ0) is 19.7. The van der Waals surface area contributed by atoms with Crippen molar-refractivity contribution in [3.8, 4) is 0 Å². The van der Waals surface area contributed by atoms with Gasteiger partial charge in [0.15, 0.2) is 0 Å². The van der Waals surface area contributed by atoms with Gasteiger partial charge in [0.05, 0.1) is 11.2 Å². The first-order valence-corrected chi connectivity index (χ1v) is 11.5. The van der Waals surface area contributed by atoms with Gasteiger partial charge in [-0.25, -0.2) is 21.6 Å². The Morgan fingerprint density at radius 2 is 1.40 bits per heavy atom. The first kappa shape index (κ1) is 22.1. The predicted molar refractivity (Wildman–Crippen MR) is 102 cm³/mol. The van der Waals surface area contributed by atoms with Crippen LogP contribution < -0.4 is 4.72 Å². The second kappa shape index (κ2) is 7.34. The van der Waals surface area contributed by atoms with Gasteiger partial charge in [0, 0.05) is 18.6 Å². The molecule has 25 heavy (non-hydrogen) atoms. The van der Waals surface area contributed by atoms with Crippen LogP contribution in [0.1, 0.15) is 47.1 Å². The number of nitrogens with zero attached hydrogens (tertiary/aromatic N) is 1. The molecule has 0 aliphatic carbocycles. The molecule has 0 saturated heterocycles. The summed E-state index contributed by atoms with van der Waals surface area (Å²) < 4.78 is 52.3. The van der Waals surface area contributed by atoms with E-state index in [4.69, 9.17) is 0 Å². The Hall–Kier alpha value is -0.960. The molecule has 0 heterocycles. The Balaban J connectivity index is 2.85. The quantitative estimate of drug-likeness (QED) is 0.808. The van der Waals surface area contributed by atoms with Crippen molar-refractivity contribution in [2.24, 2.45) is 0 Å². The number of hydrogen-bond donors (Lipinski definition) is 1. The van der Waals surface area contributed by atoms with Crippen molar-refractivity contribution in [1.82, 2.24) is 9.03 Å². The minimum Gasteiger partial charge on any atom is -0.212 e. The summed E-state index contributed by atoms with van der Waals surface area (Å²) >= 11 is 0. The Morgan fingerprint density at radius 3 is 1.76 bits per heavy atom. The fraction of sp³-hybridized carbons (Fsp3) is 0.647. The highest BCUT2D eigenvalue weighted by Gasteiger charge is 2.29. The molecular formula is C17H30N2O4S2. The van der Waals surface area contributed by atoms with Crippen molar-refractivity contribution in [1.29, 1.82) is 0 Å². The summed E-state index contributed by atoms with van der Waals surface area (Å²) in [5, 5.41) is 0. The summed E-state index contributed by atoms with van der Waals surface area (Å²) in [5.74, 6) is 0. The first-order valence-electron chi connectivity index (χ1n) is 8.13. The SMILES string of the molecule is CC(C)(C)c1ccc(S(=O)(=O)NCCN(C(C)(C)C)S(C)(=O)=O)cc1. The highest BCUT2D eigenvalue weighted by Crippen LogP contribution is 2.23. The smallest absolute Gasteiger partial charge is 0.212 e. The number of nitrogens with one attached hydrogen (secondary N) is 1. The van der Waals surface area contributed by atoms with Crippen LogP contribution in [-0.2, 0) is 25.5 Å². The number of benzene rings is 1. The third kappa shape index (κ3) is 6.36. The van der Waals surface area contributed by atoms with Gasteiger partial charge in [0.1, 0.15) is 0 Å². The maximum Gasteiger partial charge on any atom is 0.240 e. The van der Waals surface area contributed by atoms with E-state index in [1.807, 2.05) is 0 Å². The fourth-order valence-electron chi connectivity index (χ4n) is 2.50. The lowest BCUT2D eigenvalue weighted by atomic mass is 9.87. The molecular weight excluding hydrogens is 360 g/mol. The van der Waals surface area contributed by atoms with Crippen molar-refractivity contribution < 1.29 is 16.8 Å².